The summed E-state index contributed by atoms with van der Waals surface area (Å²) in [6.07, 6.45) is 11.8. The average molecular weight is 421 g/mol. The van der Waals surface area contributed by atoms with Crippen molar-refractivity contribution in [3.05, 3.63) is 39.9 Å². The Morgan fingerprint density at radius 2 is 1.61 bits per heavy atom. The zero-order valence-electron chi connectivity index (χ0n) is 12.9. The molecule has 2 aliphatic carbocycles. The van der Waals surface area contributed by atoms with Crippen LogP contribution < -0.4 is 10.6 Å². The third kappa shape index (κ3) is 3.91. The monoisotopic (exact) mass is 421 g/mol. The molecule has 0 saturated heterocycles. The summed E-state index contributed by atoms with van der Waals surface area (Å²) in [5, 5.41) is 6.99. The van der Waals surface area contributed by atoms with Crippen LogP contribution in [0.4, 0.5) is 11.8 Å². The zero-order chi connectivity index (χ0) is 15.6. The standard InChI is InChI=1S/C17H20IN5/c18-13-3-6-16(19-10-13)22-14-4-5-15(7-14)23-17-20-8-12(9-21-17)11-1-2-11/h3,6,8-11,14-15H,1-2,4-5,7H2,(H,19,22)(H,20,21,23). The van der Waals surface area contributed by atoms with Crippen molar-refractivity contribution < 1.29 is 0 Å². The van der Waals surface area contributed by atoms with Crippen LogP contribution in [0.2, 0.25) is 0 Å². The smallest absolute Gasteiger partial charge is 0.222 e. The molecule has 5 nitrogen and oxygen atoms in total. The lowest BCUT2D eigenvalue weighted by Crippen LogP contribution is -2.22. The van der Waals surface area contributed by atoms with Crippen LogP contribution in [0, 0.1) is 3.57 Å². The Bertz CT molecular complexity index is 654. The summed E-state index contributed by atoms with van der Waals surface area (Å²) < 4.78 is 1.16. The molecule has 6 heteroatoms. The molecule has 2 aromatic rings. The number of hydrogen-bond donors (Lipinski definition) is 2. The first-order chi connectivity index (χ1) is 11.3. The van der Waals surface area contributed by atoms with Gasteiger partial charge < -0.3 is 10.6 Å². The van der Waals surface area contributed by atoms with Crippen molar-refractivity contribution in [1.29, 1.82) is 0 Å². The van der Waals surface area contributed by atoms with Gasteiger partial charge in [0.1, 0.15) is 5.82 Å². The predicted molar refractivity (Wildman–Crippen MR) is 99.6 cm³/mol. The number of pyridine rings is 1. The van der Waals surface area contributed by atoms with E-state index in [-0.39, 0.29) is 0 Å². The van der Waals surface area contributed by atoms with E-state index >= 15 is 0 Å². The fraction of sp³-hybridized carbons (Fsp3) is 0.471. The Hall–Kier alpha value is -1.44. The molecular formula is C17H20IN5. The number of nitrogens with one attached hydrogen (secondary N) is 2. The molecule has 0 radical (unpaired) electrons. The first kappa shape index (κ1) is 15.1. The van der Waals surface area contributed by atoms with Gasteiger partial charge in [-0.15, -0.1) is 0 Å². The Morgan fingerprint density at radius 1 is 0.870 bits per heavy atom. The van der Waals surface area contributed by atoms with Crippen molar-refractivity contribution in [1.82, 2.24) is 15.0 Å². The van der Waals surface area contributed by atoms with E-state index < -0.39 is 0 Å². The van der Waals surface area contributed by atoms with E-state index in [9.17, 15) is 0 Å². The minimum atomic E-state index is 0.433. The normalized spacial score (nSPS) is 23.7. The van der Waals surface area contributed by atoms with Gasteiger partial charge in [-0.25, -0.2) is 15.0 Å². The molecule has 0 aromatic carbocycles. The van der Waals surface area contributed by atoms with Gasteiger partial charge in [0, 0.05) is 34.2 Å². The molecule has 0 aliphatic heterocycles. The summed E-state index contributed by atoms with van der Waals surface area (Å²) in [6, 6.07) is 5.02. The second kappa shape index (κ2) is 6.59. The molecule has 0 spiro atoms. The summed E-state index contributed by atoms with van der Waals surface area (Å²) in [5.41, 5.74) is 1.28. The van der Waals surface area contributed by atoms with Gasteiger partial charge in [-0.2, -0.15) is 0 Å². The van der Waals surface area contributed by atoms with Crippen LogP contribution in [0.15, 0.2) is 30.7 Å². The van der Waals surface area contributed by atoms with Crippen LogP contribution in [0.1, 0.15) is 43.6 Å². The van der Waals surface area contributed by atoms with E-state index in [4.69, 9.17) is 0 Å². The van der Waals surface area contributed by atoms with Gasteiger partial charge in [-0.3, -0.25) is 0 Å². The summed E-state index contributed by atoms with van der Waals surface area (Å²) >= 11 is 2.27. The van der Waals surface area contributed by atoms with Crippen LogP contribution >= 0.6 is 22.6 Å². The molecule has 2 N–H and O–H groups in total. The number of aromatic nitrogens is 3. The number of anilines is 2. The van der Waals surface area contributed by atoms with Crippen molar-refractivity contribution in [3.8, 4) is 0 Å². The summed E-state index contributed by atoms with van der Waals surface area (Å²) in [5.74, 6) is 2.43. The molecule has 0 bridgehead atoms. The fourth-order valence-corrected chi connectivity index (χ4v) is 3.46. The predicted octanol–water partition coefficient (Wildman–Crippen LogP) is 3.80. The molecule has 2 atom stereocenters. The van der Waals surface area contributed by atoms with E-state index in [1.165, 1.54) is 18.4 Å². The zero-order valence-corrected chi connectivity index (χ0v) is 15.0. The lowest BCUT2D eigenvalue weighted by molar-refractivity contribution is 0.716. The number of halogens is 1. The minimum absolute atomic E-state index is 0.433. The van der Waals surface area contributed by atoms with Crippen molar-refractivity contribution >= 4 is 34.4 Å². The molecular weight excluding hydrogens is 401 g/mol. The first-order valence-electron chi connectivity index (χ1n) is 8.23. The Morgan fingerprint density at radius 3 is 2.26 bits per heavy atom. The maximum atomic E-state index is 4.47. The Balaban J connectivity index is 1.30. The lowest BCUT2D eigenvalue weighted by Gasteiger charge is -2.15. The van der Waals surface area contributed by atoms with Crippen molar-refractivity contribution in [3.63, 3.8) is 0 Å². The van der Waals surface area contributed by atoms with Crippen molar-refractivity contribution in [2.75, 3.05) is 10.6 Å². The van der Waals surface area contributed by atoms with Crippen LogP contribution in [0.25, 0.3) is 0 Å². The number of rotatable bonds is 5. The van der Waals surface area contributed by atoms with Crippen molar-refractivity contribution in [2.24, 2.45) is 0 Å². The third-order valence-electron chi connectivity index (χ3n) is 4.57. The highest BCUT2D eigenvalue weighted by molar-refractivity contribution is 14.1. The Kier molecular flexibility index (Phi) is 4.33. The summed E-state index contributed by atoms with van der Waals surface area (Å²) in [7, 11) is 0. The minimum Gasteiger partial charge on any atom is -0.367 e. The molecule has 2 fully saturated rings. The summed E-state index contributed by atoms with van der Waals surface area (Å²) in [4.78, 5) is 13.4. The van der Waals surface area contributed by atoms with Gasteiger partial charge in [0.15, 0.2) is 0 Å². The molecule has 2 aliphatic rings. The van der Waals surface area contributed by atoms with Crippen LogP contribution in [0.5, 0.6) is 0 Å². The fourth-order valence-electron chi connectivity index (χ4n) is 3.14. The Labute approximate surface area is 149 Å². The van der Waals surface area contributed by atoms with Gasteiger partial charge in [0.05, 0.1) is 0 Å². The highest BCUT2D eigenvalue weighted by atomic mass is 127. The first-order valence-corrected chi connectivity index (χ1v) is 9.31. The molecule has 120 valence electrons. The maximum absolute atomic E-state index is 4.47. The second-order valence-corrected chi connectivity index (χ2v) is 7.72. The summed E-state index contributed by atoms with van der Waals surface area (Å²) in [6.45, 7) is 0. The molecule has 2 heterocycles. The van der Waals surface area contributed by atoms with Gasteiger partial charge in [-0.1, -0.05) is 0 Å². The molecule has 0 amide bonds. The third-order valence-corrected chi connectivity index (χ3v) is 5.20. The molecule has 2 unspecified atom stereocenters. The quantitative estimate of drug-likeness (QED) is 0.720. The van der Waals surface area contributed by atoms with Crippen LogP contribution in [-0.4, -0.2) is 27.0 Å². The van der Waals surface area contributed by atoms with E-state index in [1.54, 1.807) is 0 Å². The number of hydrogen-bond acceptors (Lipinski definition) is 5. The number of nitrogens with zero attached hydrogens (tertiary/aromatic N) is 3. The highest BCUT2D eigenvalue weighted by Crippen LogP contribution is 2.39. The SMILES string of the molecule is Ic1ccc(NC2CCC(Nc3ncc(C4CC4)cn3)C2)nc1. The molecule has 2 saturated carbocycles. The van der Waals surface area contributed by atoms with Crippen LogP contribution in [0.3, 0.4) is 0 Å². The van der Waals surface area contributed by atoms with Crippen molar-refractivity contribution in [2.45, 2.75) is 50.1 Å². The van der Waals surface area contributed by atoms with Gasteiger partial charge in [-0.05, 0) is 78.3 Å². The average Bonchev–Trinajstić information content (AvgIpc) is 3.32. The second-order valence-electron chi connectivity index (χ2n) is 6.47. The molecule has 4 rings (SSSR count). The lowest BCUT2D eigenvalue weighted by atomic mass is 10.2. The van der Waals surface area contributed by atoms with E-state index in [1.807, 2.05) is 24.7 Å². The van der Waals surface area contributed by atoms with Crippen LogP contribution in [-0.2, 0) is 0 Å². The molecule has 2 aromatic heterocycles. The molecule has 23 heavy (non-hydrogen) atoms. The van der Waals surface area contributed by atoms with E-state index in [0.717, 1.165) is 34.6 Å². The van der Waals surface area contributed by atoms with Gasteiger partial charge in [0.2, 0.25) is 5.95 Å². The topological polar surface area (TPSA) is 62.7 Å². The van der Waals surface area contributed by atoms with E-state index in [2.05, 4.69) is 54.2 Å². The largest absolute Gasteiger partial charge is 0.367 e. The van der Waals surface area contributed by atoms with Gasteiger partial charge in [0.25, 0.3) is 0 Å². The van der Waals surface area contributed by atoms with E-state index in [0.29, 0.717) is 18.0 Å². The van der Waals surface area contributed by atoms with Gasteiger partial charge >= 0.3 is 0 Å². The highest BCUT2D eigenvalue weighted by Gasteiger charge is 2.26. The maximum Gasteiger partial charge on any atom is 0.222 e.